The van der Waals surface area contributed by atoms with Crippen molar-refractivity contribution in [3.05, 3.63) is 77.9 Å². The summed E-state index contributed by atoms with van der Waals surface area (Å²) >= 11 is 0. The van der Waals surface area contributed by atoms with E-state index in [1.807, 2.05) is 43.3 Å². The maximum Gasteiger partial charge on any atom is 0.261 e. The Balaban J connectivity index is 1.52. The zero-order valence-electron chi connectivity index (χ0n) is 15.7. The third kappa shape index (κ3) is 3.68. The second-order valence-corrected chi connectivity index (χ2v) is 7.14. The molecule has 1 amide bonds. The smallest absolute Gasteiger partial charge is 0.261 e. The molecule has 1 aliphatic carbocycles. The molecule has 2 atom stereocenters. The number of hydrogen-bond acceptors (Lipinski definition) is 2. The molecule has 0 saturated heterocycles. The molecule has 27 heavy (non-hydrogen) atoms. The molecule has 0 heterocycles. The van der Waals surface area contributed by atoms with E-state index >= 15 is 0 Å². The third-order valence-corrected chi connectivity index (χ3v) is 5.37. The molecule has 3 aromatic rings. The molecule has 0 bridgehead atoms. The highest BCUT2D eigenvalue weighted by molar-refractivity contribution is 5.89. The van der Waals surface area contributed by atoms with Gasteiger partial charge in [-0.1, -0.05) is 67.6 Å². The number of aryl methyl sites for hydroxylation is 1. The van der Waals surface area contributed by atoms with Crippen LogP contribution in [0.4, 0.5) is 0 Å². The summed E-state index contributed by atoms with van der Waals surface area (Å²) in [6.45, 7) is 1.99. The van der Waals surface area contributed by atoms with Gasteiger partial charge in [0.05, 0.1) is 6.04 Å². The van der Waals surface area contributed by atoms with Gasteiger partial charge in [-0.3, -0.25) is 4.79 Å². The van der Waals surface area contributed by atoms with Crippen molar-refractivity contribution in [2.75, 3.05) is 0 Å². The predicted molar refractivity (Wildman–Crippen MR) is 109 cm³/mol. The van der Waals surface area contributed by atoms with Crippen molar-refractivity contribution < 1.29 is 9.53 Å². The minimum Gasteiger partial charge on any atom is -0.480 e. The second kappa shape index (κ2) is 7.83. The number of hydrogen-bond donors (Lipinski definition) is 1. The topological polar surface area (TPSA) is 38.3 Å². The van der Waals surface area contributed by atoms with Crippen LogP contribution in [-0.4, -0.2) is 12.0 Å². The number of amides is 1. The number of carbonyl (C=O) groups is 1. The van der Waals surface area contributed by atoms with Crippen LogP contribution >= 0.6 is 0 Å². The molecule has 1 N–H and O–H groups in total. The molecule has 0 spiro atoms. The highest BCUT2D eigenvalue weighted by Crippen LogP contribution is 2.30. The van der Waals surface area contributed by atoms with Crippen molar-refractivity contribution in [1.82, 2.24) is 5.32 Å². The molecule has 0 unspecified atom stereocenters. The van der Waals surface area contributed by atoms with Crippen LogP contribution in [0.1, 0.15) is 43.4 Å². The van der Waals surface area contributed by atoms with Gasteiger partial charge in [0.1, 0.15) is 5.75 Å². The zero-order valence-corrected chi connectivity index (χ0v) is 15.7. The standard InChI is InChI=1S/C24H25NO2/c1-2-22(27-23-16-8-12-18-10-4-6-14-20(18)23)24(26)25-21-15-7-11-17-9-3-5-13-19(17)21/h3-6,8-10,12-14,16,21-22H,2,7,11,15H2,1H3,(H,25,26)/t21-,22-/m0/s1. The lowest BCUT2D eigenvalue weighted by Crippen LogP contribution is -2.41. The molecule has 3 heteroatoms. The molecule has 3 nitrogen and oxygen atoms in total. The molecule has 0 fully saturated rings. The molecule has 138 valence electrons. The summed E-state index contributed by atoms with van der Waals surface area (Å²) < 4.78 is 6.16. The van der Waals surface area contributed by atoms with Gasteiger partial charge in [-0.05, 0) is 48.3 Å². The van der Waals surface area contributed by atoms with E-state index in [2.05, 4.69) is 35.6 Å². The van der Waals surface area contributed by atoms with Crippen LogP contribution in [-0.2, 0) is 11.2 Å². The van der Waals surface area contributed by atoms with E-state index in [1.54, 1.807) is 0 Å². The highest BCUT2D eigenvalue weighted by atomic mass is 16.5. The van der Waals surface area contributed by atoms with Gasteiger partial charge in [0.15, 0.2) is 6.10 Å². The number of benzene rings is 3. The van der Waals surface area contributed by atoms with Crippen LogP contribution in [0.2, 0.25) is 0 Å². The first-order chi connectivity index (χ1) is 13.3. The van der Waals surface area contributed by atoms with Gasteiger partial charge in [0.2, 0.25) is 0 Å². The largest absolute Gasteiger partial charge is 0.480 e. The number of carbonyl (C=O) groups excluding carboxylic acids is 1. The van der Waals surface area contributed by atoms with Gasteiger partial charge in [0, 0.05) is 5.39 Å². The maximum atomic E-state index is 13.0. The monoisotopic (exact) mass is 359 g/mol. The van der Waals surface area contributed by atoms with Crippen molar-refractivity contribution in [2.45, 2.75) is 44.8 Å². The Bertz CT molecular complexity index is 945. The fourth-order valence-electron chi connectivity index (χ4n) is 3.94. The van der Waals surface area contributed by atoms with E-state index in [-0.39, 0.29) is 11.9 Å². The van der Waals surface area contributed by atoms with Crippen molar-refractivity contribution in [1.29, 1.82) is 0 Å². The van der Waals surface area contributed by atoms with Gasteiger partial charge in [-0.15, -0.1) is 0 Å². The van der Waals surface area contributed by atoms with Crippen molar-refractivity contribution >= 4 is 16.7 Å². The molecule has 0 aromatic heterocycles. The van der Waals surface area contributed by atoms with Gasteiger partial charge >= 0.3 is 0 Å². The van der Waals surface area contributed by atoms with Crippen molar-refractivity contribution in [3.63, 3.8) is 0 Å². The summed E-state index contributed by atoms with van der Waals surface area (Å²) in [7, 11) is 0. The second-order valence-electron chi connectivity index (χ2n) is 7.14. The van der Waals surface area contributed by atoms with E-state index in [1.165, 1.54) is 11.1 Å². The molecule has 3 aromatic carbocycles. The number of rotatable bonds is 5. The minimum absolute atomic E-state index is 0.0351. The van der Waals surface area contributed by atoms with E-state index in [0.717, 1.165) is 35.8 Å². The molecule has 0 aliphatic heterocycles. The Morgan fingerprint density at radius 3 is 2.74 bits per heavy atom. The van der Waals surface area contributed by atoms with Gasteiger partial charge in [-0.2, -0.15) is 0 Å². The summed E-state index contributed by atoms with van der Waals surface area (Å²) in [6.07, 6.45) is 3.30. The Hall–Kier alpha value is -2.81. The first-order valence-corrected chi connectivity index (χ1v) is 9.79. The lowest BCUT2D eigenvalue weighted by atomic mass is 9.87. The molecule has 0 radical (unpaired) electrons. The van der Waals surface area contributed by atoms with E-state index in [4.69, 9.17) is 4.74 Å². The summed E-state index contributed by atoms with van der Waals surface area (Å²) in [6, 6.07) is 22.6. The zero-order chi connectivity index (χ0) is 18.6. The lowest BCUT2D eigenvalue weighted by Gasteiger charge is -2.28. The third-order valence-electron chi connectivity index (χ3n) is 5.37. The number of fused-ring (bicyclic) bond motifs is 2. The Labute approximate surface area is 160 Å². The van der Waals surface area contributed by atoms with Crippen LogP contribution in [0.15, 0.2) is 66.7 Å². The van der Waals surface area contributed by atoms with Crippen LogP contribution < -0.4 is 10.1 Å². The Morgan fingerprint density at radius 1 is 1.07 bits per heavy atom. The van der Waals surface area contributed by atoms with E-state index in [0.29, 0.717) is 6.42 Å². The summed E-state index contributed by atoms with van der Waals surface area (Å²) in [5.74, 6) is 0.728. The number of ether oxygens (including phenoxy) is 1. The van der Waals surface area contributed by atoms with E-state index in [9.17, 15) is 4.79 Å². The normalized spacial score (nSPS) is 17.1. The van der Waals surface area contributed by atoms with Crippen LogP contribution in [0, 0.1) is 0 Å². The first kappa shape index (κ1) is 17.6. The van der Waals surface area contributed by atoms with E-state index < -0.39 is 6.10 Å². The maximum absolute atomic E-state index is 13.0. The SMILES string of the molecule is CC[C@H](Oc1cccc2ccccc12)C(=O)N[C@H]1CCCc2ccccc21. The van der Waals surface area contributed by atoms with Gasteiger partial charge in [-0.25, -0.2) is 0 Å². The van der Waals surface area contributed by atoms with Crippen molar-refractivity contribution in [2.24, 2.45) is 0 Å². The average Bonchev–Trinajstić information content (AvgIpc) is 2.72. The fourth-order valence-corrected chi connectivity index (χ4v) is 3.94. The molecular weight excluding hydrogens is 334 g/mol. The van der Waals surface area contributed by atoms with Crippen LogP contribution in [0.5, 0.6) is 5.75 Å². The van der Waals surface area contributed by atoms with Gasteiger partial charge in [0.25, 0.3) is 5.91 Å². The Morgan fingerprint density at radius 2 is 1.85 bits per heavy atom. The van der Waals surface area contributed by atoms with Gasteiger partial charge < -0.3 is 10.1 Å². The Kier molecular flexibility index (Phi) is 5.10. The first-order valence-electron chi connectivity index (χ1n) is 9.79. The average molecular weight is 359 g/mol. The minimum atomic E-state index is -0.495. The molecule has 0 saturated carbocycles. The quantitative estimate of drug-likeness (QED) is 0.681. The predicted octanol–water partition coefficient (Wildman–Crippen LogP) is 5.19. The molecule has 4 rings (SSSR count). The summed E-state index contributed by atoms with van der Waals surface area (Å²) in [5, 5.41) is 5.38. The molecule has 1 aliphatic rings. The van der Waals surface area contributed by atoms with Crippen molar-refractivity contribution in [3.8, 4) is 5.75 Å². The van der Waals surface area contributed by atoms with Crippen LogP contribution in [0.25, 0.3) is 10.8 Å². The summed E-state index contributed by atoms with van der Waals surface area (Å²) in [4.78, 5) is 13.0. The highest BCUT2D eigenvalue weighted by Gasteiger charge is 2.26. The summed E-state index contributed by atoms with van der Waals surface area (Å²) in [5.41, 5.74) is 2.59. The lowest BCUT2D eigenvalue weighted by molar-refractivity contribution is -0.129. The molecular formula is C24H25NO2. The van der Waals surface area contributed by atoms with Crippen LogP contribution in [0.3, 0.4) is 0 Å². The fraction of sp³-hybridized carbons (Fsp3) is 0.292. The number of nitrogens with one attached hydrogen (secondary N) is 1.